The van der Waals surface area contributed by atoms with Crippen LogP contribution in [0.25, 0.3) is 0 Å². The predicted molar refractivity (Wildman–Crippen MR) is 71.5 cm³/mol. The van der Waals surface area contributed by atoms with Crippen molar-refractivity contribution in [2.45, 2.75) is 6.92 Å². The number of nitro groups is 1. The van der Waals surface area contributed by atoms with Gasteiger partial charge in [-0.05, 0) is 13.0 Å². The summed E-state index contributed by atoms with van der Waals surface area (Å²) in [4.78, 5) is 14.7. The van der Waals surface area contributed by atoms with E-state index < -0.39 is 4.92 Å². The molecular weight excluding hydrogens is 248 g/mol. The van der Waals surface area contributed by atoms with Crippen molar-refractivity contribution in [3.63, 3.8) is 0 Å². The molecule has 0 amide bonds. The Kier molecular flexibility index (Phi) is 3.60. The third-order valence-electron chi connectivity index (χ3n) is 2.39. The fourth-order valence-electron chi connectivity index (χ4n) is 1.57. The largest absolute Gasteiger partial charge is 0.370 e. The van der Waals surface area contributed by atoms with Crippen LogP contribution in [-0.4, -0.2) is 26.2 Å². The molecule has 0 spiro atoms. The molecule has 0 aliphatic rings. The molecule has 2 heterocycles. The summed E-state index contributed by atoms with van der Waals surface area (Å²) in [6.07, 6.45) is 1.74. The Morgan fingerprint density at radius 1 is 1.37 bits per heavy atom. The minimum Gasteiger partial charge on any atom is -0.370 e. The smallest absolute Gasteiger partial charge is 0.311 e. The number of aryl methyl sites for hydroxylation is 1. The lowest BCUT2D eigenvalue weighted by atomic mass is 10.3. The summed E-state index contributed by atoms with van der Waals surface area (Å²) in [5, 5.41) is 20.9. The maximum Gasteiger partial charge on any atom is 0.311 e. The van der Waals surface area contributed by atoms with Crippen molar-refractivity contribution < 1.29 is 4.92 Å². The maximum absolute atomic E-state index is 11.0. The monoisotopic (exact) mass is 262 g/mol. The molecule has 100 valence electrons. The van der Waals surface area contributed by atoms with Crippen molar-refractivity contribution in [1.29, 1.82) is 0 Å². The van der Waals surface area contributed by atoms with E-state index in [1.165, 1.54) is 6.07 Å². The van der Waals surface area contributed by atoms with E-state index in [1.54, 1.807) is 30.1 Å². The maximum atomic E-state index is 11.0. The van der Waals surface area contributed by atoms with Gasteiger partial charge in [0.15, 0.2) is 5.82 Å². The van der Waals surface area contributed by atoms with E-state index >= 15 is 0 Å². The quantitative estimate of drug-likeness (QED) is 0.630. The van der Waals surface area contributed by atoms with Gasteiger partial charge in [0.05, 0.1) is 4.92 Å². The minimum atomic E-state index is -0.478. The van der Waals surface area contributed by atoms with Crippen molar-refractivity contribution in [3.8, 4) is 0 Å². The number of anilines is 3. The summed E-state index contributed by atoms with van der Waals surface area (Å²) in [5.74, 6) is 1.25. The van der Waals surface area contributed by atoms with Crippen LogP contribution in [-0.2, 0) is 7.05 Å². The van der Waals surface area contributed by atoms with Gasteiger partial charge in [-0.25, -0.2) is 4.98 Å². The molecule has 2 aromatic heterocycles. The highest BCUT2D eigenvalue weighted by Crippen LogP contribution is 2.26. The Balaban J connectivity index is 2.34. The lowest BCUT2D eigenvalue weighted by Crippen LogP contribution is -2.05. The van der Waals surface area contributed by atoms with Crippen LogP contribution in [0.1, 0.15) is 6.92 Å². The Bertz CT molecular complexity index is 595. The van der Waals surface area contributed by atoms with Crippen molar-refractivity contribution in [2.75, 3.05) is 17.2 Å². The first kappa shape index (κ1) is 12.8. The van der Waals surface area contributed by atoms with Gasteiger partial charge >= 0.3 is 5.69 Å². The Morgan fingerprint density at radius 3 is 2.74 bits per heavy atom. The van der Waals surface area contributed by atoms with Gasteiger partial charge in [0.1, 0.15) is 5.82 Å². The zero-order valence-electron chi connectivity index (χ0n) is 10.6. The normalized spacial score (nSPS) is 10.2. The van der Waals surface area contributed by atoms with Gasteiger partial charge < -0.3 is 10.6 Å². The second kappa shape index (κ2) is 5.34. The van der Waals surface area contributed by atoms with Gasteiger partial charge in [0.25, 0.3) is 0 Å². The summed E-state index contributed by atoms with van der Waals surface area (Å²) in [5.41, 5.74) is -0.0905. The summed E-state index contributed by atoms with van der Waals surface area (Å²) in [7, 11) is 1.77. The average Bonchev–Trinajstić information content (AvgIpc) is 2.75. The van der Waals surface area contributed by atoms with Crippen LogP contribution < -0.4 is 10.6 Å². The van der Waals surface area contributed by atoms with Crippen LogP contribution in [0.5, 0.6) is 0 Å². The van der Waals surface area contributed by atoms with E-state index in [2.05, 4.69) is 20.7 Å². The zero-order valence-corrected chi connectivity index (χ0v) is 10.6. The van der Waals surface area contributed by atoms with Gasteiger partial charge in [0.2, 0.25) is 5.82 Å². The molecule has 2 N–H and O–H groups in total. The molecule has 2 aromatic rings. The van der Waals surface area contributed by atoms with Crippen molar-refractivity contribution in [3.05, 3.63) is 34.5 Å². The average molecular weight is 262 g/mol. The lowest BCUT2D eigenvalue weighted by Gasteiger charge is -2.07. The van der Waals surface area contributed by atoms with Crippen LogP contribution in [0.3, 0.4) is 0 Å². The molecule has 0 bridgehead atoms. The molecule has 0 saturated carbocycles. The third kappa shape index (κ3) is 2.97. The van der Waals surface area contributed by atoms with Crippen LogP contribution in [0, 0.1) is 10.1 Å². The highest BCUT2D eigenvalue weighted by molar-refractivity contribution is 5.65. The van der Waals surface area contributed by atoms with E-state index in [0.29, 0.717) is 18.2 Å². The first-order valence-corrected chi connectivity index (χ1v) is 5.76. The summed E-state index contributed by atoms with van der Waals surface area (Å²) < 4.78 is 1.60. The Hall–Kier alpha value is -2.64. The minimum absolute atomic E-state index is 0.0905. The van der Waals surface area contributed by atoms with Crippen LogP contribution in [0.2, 0.25) is 0 Å². The summed E-state index contributed by atoms with van der Waals surface area (Å²) in [6.45, 7) is 2.61. The predicted octanol–water partition coefficient (Wildman–Crippen LogP) is 1.90. The Labute approximate surface area is 109 Å². The molecule has 0 aliphatic heterocycles. The number of hydrogen-bond acceptors (Lipinski definition) is 6. The molecule has 8 heteroatoms. The van der Waals surface area contributed by atoms with E-state index in [9.17, 15) is 10.1 Å². The fourth-order valence-corrected chi connectivity index (χ4v) is 1.57. The molecule has 0 fully saturated rings. The second-order valence-electron chi connectivity index (χ2n) is 3.85. The molecule has 0 aromatic carbocycles. The molecule has 0 radical (unpaired) electrons. The molecule has 8 nitrogen and oxygen atoms in total. The van der Waals surface area contributed by atoms with Gasteiger partial charge in [-0.1, -0.05) is 0 Å². The first-order valence-electron chi connectivity index (χ1n) is 5.76. The molecular formula is C11H14N6O2. The molecule has 0 unspecified atom stereocenters. The highest BCUT2D eigenvalue weighted by Gasteiger charge is 2.16. The van der Waals surface area contributed by atoms with Gasteiger partial charge in [0, 0.05) is 31.9 Å². The summed E-state index contributed by atoms with van der Waals surface area (Å²) >= 11 is 0. The van der Waals surface area contributed by atoms with Crippen LogP contribution in [0.4, 0.5) is 23.1 Å². The highest BCUT2D eigenvalue weighted by atomic mass is 16.6. The number of aromatic nitrogens is 3. The van der Waals surface area contributed by atoms with E-state index in [-0.39, 0.29) is 11.5 Å². The van der Waals surface area contributed by atoms with Crippen LogP contribution >= 0.6 is 0 Å². The van der Waals surface area contributed by atoms with Gasteiger partial charge in [-0.15, -0.1) is 0 Å². The third-order valence-corrected chi connectivity index (χ3v) is 2.39. The van der Waals surface area contributed by atoms with Gasteiger partial charge in [-0.2, -0.15) is 5.10 Å². The standard InChI is InChI=1S/C11H14N6O2/c1-3-12-9-5-4-8(17(18)19)11(13-9)14-10-6-7-16(2)15-10/h4-7H,3H2,1-2H3,(H2,12,13,14,15). The topological polar surface area (TPSA) is 97.9 Å². The molecule has 0 saturated heterocycles. The number of hydrogen-bond donors (Lipinski definition) is 2. The summed E-state index contributed by atoms with van der Waals surface area (Å²) in [6, 6.07) is 4.70. The van der Waals surface area contributed by atoms with Crippen molar-refractivity contribution in [1.82, 2.24) is 14.8 Å². The number of pyridine rings is 1. The van der Waals surface area contributed by atoms with E-state index in [4.69, 9.17) is 0 Å². The van der Waals surface area contributed by atoms with E-state index in [1.807, 2.05) is 6.92 Å². The number of nitrogens with one attached hydrogen (secondary N) is 2. The fraction of sp³-hybridized carbons (Fsp3) is 0.273. The molecule has 0 aliphatic carbocycles. The Morgan fingerprint density at radius 2 is 2.16 bits per heavy atom. The van der Waals surface area contributed by atoms with Crippen LogP contribution in [0.15, 0.2) is 24.4 Å². The second-order valence-corrected chi connectivity index (χ2v) is 3.85. The van der Waals surface area contributed by atoms with Gasteiger partial charge in [-0.3, -0.25) is 14.8 Å². The molecule has 0 atom stereocenters. The first-order chi connectivity index (χ1) is 9.10. The number of rotatable bonds is 5. The SMILES string of the molecule is CCNc1ccc([N+](=O)[O-])c(Nc2ccn(C)n2)n1. The zero-order chi connectivity index (χ0) is 13.8. The van der Waals surface area contributed by atoms with Crippen molar-refractivity contribution >= 4 is 23.1 Å². The molecule has 19 heavy (non-hydrogen) atoms. The van der Waals surface area contributed by atoms with E-state index in [0.717, 1.165) is 0 Å². The van der Waals surface area contributed by atoms with Crippen molar-refractivity contribution in [2.24, 2.45) is 7.05 Å². The molecule has 2 rings (SSSR count). The number of nitrogens with zero attached hydrogens (tertiary/aromatic N) is 4. The lowest BCUT2D eigenvalue weighted by molar-refractivity contribution is -0.384.